The first kappa shape index (κ1) is 14.3. The second kappa shape index (κ2) is 6.21. The molecule has 4 heteroatoms. The number of rotatable bonds is 5. The van der Waals surface area contributed by atoms with Gasteiger partial charge in [-0.3, -0.25) is 4.79 Å². The van der Waals surface area contributed by atoms with Crippen LogP contribution in [0, 0.1) is 0 Å². The van der Waals surface area contributed by atoms with E-state index in [1.165, 1.54) is 6.08 Å². The molecule has 98 valence electrons. The molecule has 0 aliphatic carbocycles. The SMILES string of the molecule is COc1ccccc1/C=C/C(=O)NC(C)(C)CO. The molecule has 0 spiro atoms. The first-order valence-electron chi connectivity index (χ1n) is 5.72. The number of methoxy groups -OCH3 is 1. The fourth-order valence-electron chi connectivity index (χ4n) is 1.38. The number of amides is 1. The number of aliphatic hydroxyl groups is 1. The minimum atomic E-state index is -0.623. The molecule has 4 nitrogen and oxygen atoms in total. The molecule has 1 aromatic rings. The van der Waals surface area contributed by atoms with Gasteiger partial charge in [0.25, 0.3) is 0 Å². The summed E-state index contributed by atoms with van der Waals surface area (Å²) in [6.45, 7) is 3.39. The maximum Gasteiger partial charge on any atom is 0.244 e. The molecule has 0 saturated heterocycles. The summed E-state index contributed by atoms with van der Waals surface area (Å²) in [5.41, 5.74) is 0.208. The van der Waals surface area contributed by atoms with Gasteiger partial charge in [0.05, 0.1) is 19.3 Å². The lowest BCUT2D eigenvalue weighted by molar-refractivity contribution is -0.118. The molecule has 2 N–H and O–H groups in total. The standard InChI is InChI=1S/C14H19NO3/c1-14(2,10-16)15-13(17)9-8-11-6-4-5-7-12(11)18-3/h4-9,16H,10H2,1-3H3,(H,15,17)/b9-8+. The highest BCUT2D eigenvalue weighted by molar-refractivity contribution is 5.92. The third-order valence-corrected chi connectivity index (χ3v) is 2.41. The summed E-state index contributed by atoms with van der Waals surface area (Å²) in [4.78, 5) is 11.6. The Labute approximate surface area is 107 Å². The molecule has 0 radical (unpaired) electrons. The maximum atomic E-state index is 11.6. The van der Waals surface area contributed by atoms with Gasteiger partial charge in [-0.05, 0) is 26.0 Å². The average Bonchev–Trinajstić information content (AvgIpc) is 2.36. The quantitative estimate of drug-likeness (QED) is 0.779. The van der Waals surface area contributed by atoms with E-state index >= 15 is 0 Å². The van der Waals surface area contributed by atoms with Crippen LogP contribution in [0.1, 0.15) is 19.4 Å². The van der Waals surface area contributed by atoms with Gasteiger partial charge in [-0.15, -0.1) is 0 Å². The van der Waals surface area contributed by atoms with E-state index < -0.39 is 5.54 Å². The lowest BCUT2D eigenvalue weighted by Gasteiger charge is -2.22. The van der Waals surface area contributed by atoms with Crippen molar-refractivity contribution in [2.75, 3.05) is 13.7 Å². The monoisotopic (exact) mass is 249 g/mol. The molecule has 0 heterocycles. The summed E-state index contributed by atoms with van der Waals surface area (Å²) in [6, 6.07) is 7.43. The van der Waals surface area contributed by atoms with Gasteiger partial charge < -0.3 is 15.2 Å². The number of aliphatic hydroxyl groups excluding tert-OH is 1. The molecule has 0 atom stereocenters. The summed E-state index contributed by atoms with van der Waals surface area (Å²) >= 11 is 0. The summed E-state index contributed by atoms with van der Waals surface area (Å²) in [5.74, 6) is 0.461. The first-order valence-corrected chi connectivity index (χ1v) is 5.72. The molecule has 1 rings (SSSR count). The molecule has 0 aliphatic heterocycles. The fraction of sp³-hybridized carbons (Fsp3) is 0.357. The lowest BCUT2D eigenvalue weighted by Crippen LogP contribution is -2.45. The molecule has 0 saturated carbocycles. The summed E-state index contributed by atoms with van der Waals surface area (Å²) in [6.07, 6.45) is 3.11. The number of ether oxygens (including phenoxy) is 1. The molecule has 1 amide bonds. The number of nitrogens with one attached hydrogen (secondary N) is 1. The van der Waals surface area contributed by atoms with Gasteiger partial charge >= 0.3 is 0 Å². The van der Waals surface area contributed by atoms with Crippen LogP contribution in [0.5, 0.6) is 5.75 Å². The van der Waals surface area contributed by atoms with E-state index in [1.54, 1.807) is 27.0 Å². The zero-order valence-electron chi connectivity index (χ0n) is 10.9. The Hall–Kier alpha value is -1.81. The zero-order valence-corrected chi connectivity index (χ0v) is 10.9. The normalized spacial score (nSPS) is 11.6. The second-order valence-electron chi connectivity index (χ2n) is 4.61. The average molecular weight is 249 g/mol. The van der Waals surface area contributed by atoms with Crippen molar-refractivity contribution in [2.24, 2.45) is 0 Å². The van der Waals surface area contributed by atoms with E-state index in [-0.39, 0.29) is 12.5 Å². The van der Waals surface area contributed by atoms with Gasteiger partial charge in [-0.1, -0.05) is 18.2 Å². The van der Waals surface area contributed by atoms with Crippen LogP contribution in [-0.2, 0) is 4.79 Å². The number of hydrogen-bond donors (Lipinski definition) is 2. The predicted octanol–water partition coefficient (Wildman–Crippen LogP) is 1.60. The van der Waals surface area contributed by atoms with E-state index in [0.29, 0.717) is 5.75 Å². The topological polar surface area (TPSA) is 58.6 Å². The third kappa shape index (κ3) is 4.22. The van der Waals surface area contributed by atoms with Crippen LogP contribution in [0.3, 0.4) is 0 Å². The number of carbonyl (C=O) groups is 1. The van der Waals surface area contributed by atoms with Gasteiger partial charge in [0.15, 0.2) is 0 Å². The number of benzene rings is 1. The Balaban J connectivity index is 2.72. The van der Waals surface area contributed by atoms with Gasteiger partial charge in [0, 0.05) is 11.6 Å². The molecule has 0 aliphatic rings. The second-order valence-corrected chi connectivity index (χ2v) is 4.61. The van der Waals surface area contributed by atoms with Crippen molar-refractivity contribution in [3.8, 4) is 5.75 Å². The van der Waals surface area contributed by atoms with E-state index in [2.05, 4.69) is 5.32 Å². The lowest BCUT2D eigenvalue weighted by atomic mass is 10.1. The van der Waals surface area contributed by atoms with Crippen molar-refractivity contribution in [1.29, 1.82) is 0 Å². The van der Waals surface area contributed by atoms with Crippen LogP contribution < -0.4 is 10.1 Å². The van der Waals surface area contributed by atoms with Crippen molar-refractivity contribution in [3.05, 3.63) is 35.9 Å². The summed E-state index contributed by atoms with van der Waals surface area (Å²) in [7, 11) is 1.58. The van der Waals surface area contributed by atoms with Crippen LogP contribution in [0.4, 0.5) is 0 Å². The number of carbonyl (C=O) groups excluding carboxylic acids is 1. The van der Waals surface area contributed by atoms with Crippen LogP contribution in [0.15, 0.2) is 30.3 Å². The van der Waals surface area contributed by atoms with Crippen molar-refractivity contribution < 1.29 is 14.6 Å². The molecular weight excluding hydrogens is 230 g/mol. The van der Waals surface area contributed by atoms with E-state index in [1.807, 2.05) is 24.3 Å². The molecule has 18 heavy (non-hydrogen) atoms. The Morgan fingerprint density at radius 1 is 1.44 bits per heavy atom. The minimum absolute atomic E-state index is 0.110. The van der Waals surface area contributed by atoms with Crippen molar-refractivity contribution >= 4 is 12.0 Å². The van der Waals surface area contributed by atoms with E-state index in [0.717, 1.165) is 5.56 Å². The molecule has 0 unspecified atom stereocenters. The maximum absolute atomic E-state index is 11.6. The Kier molecular flexibility index (Phi) is 4.92. The molecule has 0 bridgehead atoms. The molecule has 0 aromatic heterocycles. The number of para-hydroxylation sites is 1. The highest BCUT2D eigenvalue weighted by Gasteiger charge is 2.17. The van der Waals surface area contributed by atoms with Crippen LogP contribution >= 0.6 is 0 Å². The zero-order chi connectivity index (χ0) is 13.6. The van der Waals surface area contributed by atoms with Gasteiger partial charge in [-0.2, -0.15) is 0 Å². The number of hydrogen-bond acceptors (Lipinski definition) is 3. The highest BCUT2D eigenvalue weighted by Crippen LogP contribution is 2.18. The largest absolute Gasteiger partial charge is 0.496 e. The van der Waals surface area contributed by atoms with Crippen LogP contribution in [-0.4, -0.2) is 30.3 Å². The molecule has 1 aromatic carbocycles. The van der Waals surface area contributed by atoms with Crippen molar-refractivity contribution in [1.82, 2.24) is 5.32 Å². The highest BCUT2D eigenvalue weighted by atomic mass is 16.5. The summed E-state index contributed by atoms with van der Waals surface area (Å²) < 4.78 is 5.18. The minimum Gasteiger partial charge on any atom is -0.496 e. The Morgan fingerprint density at radius 3 is 2.72 bits per heavy atom. The van der Waals surface area contributed by atoms with E-state index in [9.17, 15) is 4.79 Å². The van der Waals surface area contributed by atoms with Crippen LogP contribution in [0.2, 0.25) is 0 Å². The molecular formula is C14H19NO3. The molecule has 0 fully saturated rings. The summed E-state index contributed by atoms with van der Waals surface area (Å²) in [5, 5.41) is 11.7. The van der Waals surface area contributed by atoms with Crippen LogP contribution in [0.25, 0.3) is 6.08 Å². The van der Waals surface area contributed by atoms with Gasteiger partial charge in [0.1, 0.15) is 5.75 Å². The van der Waals surface area contributed by atoms with E-state index in [4.69, 9.17) is 9.84 Å². The van der Waals surface area contributed by atoms with Gasteiger partial charge in [0.2, 0.25) is 5.91 Å². The van der Waals surface area contributed by atoms with Gasteiger partial charge in [-0.25, -0.2) is 0 Å². The fourth-order valence-corrected chi connectivity index (χ4v) is 1.38. The van der Waals surface area contributed by atoms with Crippen molar-refractivity contribution in [2.45, 2.75) is 19.4 Å². The first-order chi connectivity index (χ1) is 8.48. The predicted molar refractivity (Wildman–Crippen MR) is 71.3 cm³/mol. The van der Waals surface area contributed by atoms with Crippen molar-refractivity contribution in [3.63, 3.8) is 0 Å². The Morgan fingerprint density at radius 2 is 2.11 bits per heavy atom. The third-order valence-electron chi connectivity index (χ3n) is 2.41. The Bertz CT molecular complexity index is 438. The smallest absolute Gasteiger partial charge is 0.244 e.